The Morgan fingerprint density at radius 1 is 1.07 bits per heavy atom. The molecule has 82 valence electrons. The van der Waals surface area contributed by atoms with Gasteiger partial charge in [-0.25, -0.2) is 0 Å². The van der Waals surface area contributed by atoms with Gasteiger partial charge in [0.15, 0.2) is 0 Å². The second-order valence-corrected chi connectivity index (χ2v) is 3.69. The Bertz CT molecular complexity index is 317. The van der Waals surface area contributed by atoms with E-state index >= 15 is 0 Å². The molecule has 0 aliphatic carbocycles. The van der Waals surface area contributed by atoms with E-state index in [1.54, 1.807) is 14.2 Å². The summed E-state index contributed by atoms with van der Waals surface area (Å²) in [5.74, 6) is 1.08. The number of hydrogen-bond acceptors (Lipinski definition) is 2. The van der Waals surface area contributed by atoms with Crippen LogP contribution in [0.25, 0.3) is 6.08 Å². The molecule has 1 aromatic carbocycles. The van der Waals surface area contributed by atoms with Crippen LogP contribution in [0.5, 0.6) is 0 Å². The monoisotopic (exact) mass is 206 g/mol. The van der Waals surface area contributed by atoms with E-state index in [-0.39, 0.29) is 0 Å². The van der Waals surface area contributed by atoms with Crippen molar-refractivity contribution >= 4 is 6.08 Å². The van der Waals surface area contributed by atoms with Gasteiger partial charge in [0.1, 0.15) is 0 Å². The molecule has 0 unspecified atom stereocenters. The molecule has 0 aromatic heterocycles. The van der Waals surface area contributed by atoms with Gasteiger partial charge in [0.05, 0.1) is 14.2 Å². The topological polar surface area (TPSA) is 18.5 Å². The largest absolute Gasteiger partial charge is 0.469 e. The molecule has 1 aromatic rings. The molecular formula is C13H18O2. The zero-order valence-electron chi connectivity index (χ0n) is 9.78. The third kappa shape index (κ3) is 3.31. The molecule has 0 amide bonds. The fraction of sp³-hybridized carbons (Fsp3) is 0.385. The van der Waals surface area contributed by atoms with Crippen LogP contribution in [0.2, 0.25) is 0 Å². The van der Waals surface area contributed by atoms with Crippen molar-refractivity contribution in [2.45, 2.75) is 19.8 Å². The minimum Gasteiger partial charge on any atom is -0.469 e. The number of hydrogen-bond donors (Lipinski definition) is 0. The molecule has 0 saturated carbocycles. The quantitative estimate of drug-likeness (QED) is 0.703. The minimum atomic E-state index is 0.521. The van der Waals surface area contributed by atoms with Crippen LogP contribution in [0.1, 0.15) is 30.9 Å². The van der Waals surface area contributed by atoms with E-state index in [0.29, 0.717) is 11.9 Å². The fourth-order valence-electron chi connectivity index (χ4n) is 1.31. The summed E-state index contributed by atoms with van der Waals surface area (Å²) in [7, 11) is 3.19. The molecule has 0 spiro atoms. The maximum absolute atomic E-state index is 5.02. The highest BCUT2D eigenvalue weighted by Crippen LogP contribution is 2.16. The average Bonchev–Trinajstić information content (AvgIpc) is 2.26. The summed E-state index contributed by atoms with van der Waals surface area (Å²) in [6.07, 6.45) is 1.87. The zero-order valence-corrected chi connectivity index (χ0v) is 9.78. The van der Waals surface area contributed by atoms with E-state index in [2.05, 4.69) is 38.1 Å². The highest BCUT2D eigenvalue weighted by Gasteiger charge is 1.99. The van der Waals surface area contributed by atoms with E-state index in [1.807, 2.05) is 6.08 Å². The molecule has 15 heavy (non-hydrogen) atoms. The van der Waals surface area contributed by atoms with Gasteiger partial charge in [-0.2, -0.15) is 0 Å². The smallest absolute Gasteiger partial charge is 0.279 e. The van der Waals surface area contributed by atoms with E-state index in [1.165, 1.54) is 5.56 Å². The van der Waals surface area contributed by atoms with Crippen LogP contribution in [0, 0.1) is 0 Å². The zero-order chi connectivity index (χ0) is 11.3. The van der Waals surface area contributed by atoms with Crippen molar-refractivity contribution in [3.63, 3.8) is 0 Å². The first-order chi connectivity index (χ1) is 7.17. The molecule has 0 saturated heterocycles. The number of benzene rings is 1. The maximum Gasteiger partial charge on any atom is 0.279 e. The highest BCUT2D eigenvalue weighted by molar-refractivity contribution is 5.50. The molecule has 0 aliphatic rings. The minimum absolute atomic E-state index is 0.521. The first-order valence-electron chi connectivity index (χ1n) is 5.07. The SMILES string of the molecule is COC(=Cc1ccc(C(C)C)cc1)OC. The third-order valence-corrected chi connectivity index (χ3v) is 2.29. The summed E-state index contributed by atoms with van der Waals surface area (Å²) >= 11 is 0. The normalized spacial score (nSPS) is 9.93. The summed E-state index contributed by atoms with van der Waals surface area (Å²) in [4.78, 5) is 0. The van der Waals surface area contributed by atoms with Crippen LogP contribution >= 0.6 is 0 Å². The fourth-order valence-corrected chi connectivity index (χ4v) is 1.31. The molecule has 0 fully saturated rings. The second-order valence-electron chi connectivity index (χ2n) is 3.69. The lowest BCUT2D eigenvalue weighted by molar-refractivity contribution is 0.1000. The van der Waals surface area contributed by atoms with Crippen LogP contribution < -0.4 is 0 Å². The standard InChI is InChI=1S/C13H18O2/c1-10(2)12-7-5-11(6-8-12)9-13(14-3)15-4/h5-10H,1-4H3. The molecule has 0 aliphatic heterocycles. The molecular weight excluding hydrogens is 188 g/mol. The Morgan fingerprint density at radius 2 is 1.60 bits per heavy atom. The van der Waals surface area contributed by atoms with Crippen LogP contribution in [0.15, 0.2) is 30.2 Å². The highest BCUT2D eigenvalue weighted by atomic mass is 16.7. The van der Waals surface area contributed by atoms with Gasteiger partial charge in [0, 0.05) is 6.08 Å². The van der Waals surface area contributed by atoms with Crippen molar-refractivity contribution in [2.24, 2.45) is 0 Å². The summed E-state index contributed by atoms with van der Waals surface area (Å²) in [6.45, 7) is 4.36. The summed E-state index contributed by atoms with van der Waals surface area (Å²) < 4.78 is 10.0. The van der Waals surface area contributed by atoms with Crippen molar-refractivity contribution in [1.82, 2.24) is 0 Å². The number of methoxy groups -OCH3 is 2. The van der Waals surface area contributed by atoms with E-state index in [9.17, 15) is 0 Å². The Morgan fingerprint density at radius 3 is 2.00 bits per heavy atom. The number of ether oxygens (including phenoxy) is 2. The predicted molar refractivity (Wildman–Crippen MR) is 62.5 cm³/mol. The van der Waals surface area contributed by atoms with E-state index < -0.39 is 0 Å². The van der Waals surface area contributed by atoms with Gasteiger partial charge in [-0.3, -0.25) is 0 Å². The Kier molecular flexibility index (Phi) is 4.22. The van der Waals surface area contributed by atoms with E-state index in [0.717, 1.165) is 5.56 Å². The van der Waals surface area contributed by atoms with Crippen molar-refractivity contribution in [3.05, 3.63) is 41.3 Å². The van der Waals surface area contributed by atoms with Crippen LogP contribution in [0.4, 0.5) is 0 Å². The lowest BCUT2D eigenvalue weighted by Gasteiger charge is -2.06. The van der Waals surface area contributed by atoms with Crippen LogP contribution in [0.3, 0.4) is 0 Å². The van der Waals surface area contributed by atoms with Crippen molar-refractivity contribution in [2.75, 3.05) is 14.2 Å². The van der Waals surface area contributed by atoms with Crippen LogP contribution in [-0.4, -0.2) is 14.2 Å². The van der Waals surface area contributed by atoms with Gasteiger partial charge >= 0.3 is 0 Å². The first-order valence-corrected chi connectivity index (χ1v) is 5.07. The van der Waals surface area contributed by atoms with Gasteiger partial charge in [0.25, 0.3) is 5.95 Å². The predicted octanol–water partition coefficient (Wildman–Crippen LogP) is 3.40. The second kappa shape index (κ2) is 5.44. The van der Waals surface area contributed by atoms with Gasteiger partial charge in [0.2, 0.25) is 0 Å². The van der Waals surface area contributed by atoms with E-state index in [4.69, 9.17) is 9.47 Å². The molecule has 2 heteroatoms. The summed E-state index contributed by atoms with van der Waals surface area (Å²) in [6, 6.07) is 8.37. The molecule has 0 radical (unpaired) electrons. The Balaban J connectivity index is 2.84. The van der Waals surface area contributed by atoms with Gasteiger partial charge in [-0.15, -0.1) is 0 Å². The summed E-state index contributed by atoms with van der Waals surface area (Å²) in [5, 5.41) is 0. The molecule has 0 bridgehead atoms. The number of rotatable bonds is 4. The molecule has 0 N–H and O–H groups in total. The lowest BCUT2D eigenvalue weighted by Crippen LogP contribution is -1.90. The Labute approximate surface area is 91.5 Å². The van der Waals surface area contributed by atoms with Crippen molar-refractivity contribution in [3.8, 4) is 0 Å². The first kappa shape index (κ1) is 11.6. The molecule has 1 rings (SSSR count). The van der Waals surface area contributed by atoms with Crippen LogP contribution in [-0.2, 0) is 9.47 Å². The average molecular weight is 206 g/mol. The van der Waals surface area contributed by atoms with Gasteiger partial charge in [-0.05, 0) is 17.0 Å². The van der Waals surface area contributed by atoms with Gasteiger partial charge in [-0.1, -0.05) is 38.1 Å². The third-order valence-electron chi connectivity index (χ3n) is 2.29. The summed E-state index contributed by atoms with van der Waals surface area (Å²) in [5.41, 5.74) is 2.42. The van der Waals surface area contributed by atoms with Gasteiger partial charge < -0.3 is 9.47 Å². The molecule has 2 nitrogen and oxygen atoms in total. The Hall–Kier alpha value is -1.44. The molecule has 0 atom stereocenters. The maximum atomic E-state index is 5.02. The van der Waals surface area contributed by atoms with Crippen molar-refractivity contribution in [1.29, 1.82) is 0 Å². The molecule has 0 heterocycles. The van der Waals surface area contributed by atoms with Crippen molar-refractivity contribution < 1.29 is 9.47 Å². The lowest BCUT2D eigenvalue weighted by atomic mass is 10.0.